The van der Waals surface area contributed by atoms with Gasteiger partial charge in [-0.2, -0.15) is 0 Å². The molecule has 1 amide bonds. The van der Waals surface area contributed by atoms with Crippen LogP contribution in [0.1, 0.15) is 45.2 Å². The Hall–Kier alpha value is -4.84. The van der Waals surface area contributed by atoms with Gasteiger partial charge < -0.3 is 28.6 Å². The third-order valence-electron chi connectivity index (χ3n) is 7.22. The molecule has 12 heteroatoms. The minimum atomic E-state index is -1.39. The average Bonchev–Trinajstić information content (AvgIpc) is 3.23. The van der Waals surface area contributed by atoms with Crippen molar-refractivity contribution in [2.45, 2.75) is 71.1 Å². The number of esters is 4. The SMILES string of the molecule is CC(=O)OC[C@H]1O[C@@H](CC(=O)/C=C2\C(=O)N(CCc3ccccc3)c3ccccc32)[C@H](OC(C)=O)[C@@H](OC(C)=O)[C@@H]1OC(C)=O. The number of rotatable bonds is 11. The summed E-state index contributed by atoms with van der Waals surface area (Å²) in [6, 6.07) is 16.8. The molecule has 5 atom stereocenters. The van der Waals surface area contributed by atoms with E-state index in [-0.39, 0.29) is 11.5 Å². The third kappa shape index (κ3) is 8.42. The summed E-state index contributed by atoms with van der Waals surface area (Å²) in [6.45, 7) is 4.51. The van der Waals surface area contributed by atoms with Gasteiger partial charge in [0.05, 0.1) is 11.3 Å². The predicted octanol–water partition coefficient (Wildman–Crippen LogP) is 2.74. The fraction of sp³-hybridized carbons (Fsp3) is 0.394. The first-order valence-corrected chi connectivity index (χ1v) is 14.4. The zero-order valence-electron chi connectivity index (χ0n) is 25.4. The van der Waals surface area contributed by atoms with Crippen LogP contribution in [0.5, 0.6) is 0 Å². The number of anilines is 1. The zero-order valence-corrected chi connectivity index (χ0v) is 25.4. The predicted molar refractivity (Wildman–Crippen MR) is 158 cm³/mol. The molecule has 45 heavy (non-hydrogen) atoms. The first-order chi connectivity index (χ1) is 21.4. The molecule has 4 rings (SSSR count). The number of allylic oxidation sites excluding steroid dienone is 1. The third-order valence-corrected chi connectivity index (χ3v) is 7.22. The molecule has 0 N–H and O–H groups in total. The van der Waals surface area contributed by atoms with Crippen molar-refractivity contribution in [1.82, 2.24) is 0 Å². The van der Waals surface area contributed by atoms with Gasteiger partial charge in [0, 0.05) is 46.2 Å². The molecule has 2 aliphatic rings. The normalized spacial score (nSPS) is 23.2. The number of hydrogen-bond donors (Lipinski definition) is 0. The molecule has 0 spiro atoms. The van der Waals surface area contributed by atoms with E-state index in [1.807, 2.05) is 42.5 Å². The van der Waals surface area contributed by atoms with Crippen molar-refractivity contribution in [3.05, 3.63) is 71.8 Å². The van der Waals surface area contributed by atoms with E-state index < -0.39 is 73.2 Å². The van der Waals surface area contributed by atoms with Gasteiger partial charge in [-0.15, -0.1) is 0 Å². The van der Waals surface area contributed by atoms with Gasteiger partial charge >= 0.3 is 23.9 Å². The maximum Gasteiger partial charge on any atom is 0.303 e. The molecular formula is C33H35NO11. The molecule has 12 nitrogen and oxygen atoms in total. The van der Waals surface area contributed by atoms with E-state index in [0.717, 1.165) is 26.3 Å². The van der Waals surface area contributed by atoms with Crippen molar-refractivity contribution in [3.63, 3.8) is 0 Å². The number of para-hydroxylation sites is 1. The van der Waals surface area contributed by atoms with Crippen LogP contribution in [-0.2, 0) is 58.9 Å². The number of nitrogens with zero attached hydrogens (tertiary/aromatic N) is 1. The Morgan fingerprint density at radius 3 is 1.96 bits per heavy atom. The molecule has 2 aromatic carbocycles. The molecule has 238 valence electrons. The second-order valence-electron chi connectivity index (χ2n) is 10.7. The number of carbonyl (C=O) groups is 6. The Balaban J connectivity index is 1.62. The average molecular weight is 622 g/mol. The van der Waals surface area contributed by atoms with Crippen LogP contribution in [0.2, 0.25) is 0 Å². The molecule has 0 aliphatic carbocycles. The van der Waals surface area contributed by atoms with Crippen molar-refractivity contribution in [2.24, 2.45) is 0 Å². The number of amides is 1. The molecule has 2 heterocycles. The fourth-order valence-electron chi connectivity index (χ4n) is 5.45. The van der Waals surface area contributed by atoms with Crippen molar-refractivity contribution in [1.29, 1.82) is 0 Å². The lowest BCUT2D eigenvalue weighted by Gasteiger charge is -2.44. The summed E-state index contributed by atoms with van der Waals surface area (Å²) >= 11 is 0. The number of fused-ring (bicyclic) bond motifs is 1. The minimum Gasteiger partial charge on any atom is -0.463 e. The lowest BCUT2D eigenvalue weighted by atomic mass is 9.91. The van der Waals surface area contributed by atoms with Gasteiger partial charge in [0.1, 0.15) is 18.8 Å². The van der Waals surface area contributed by atoms with Gasteiger partial charge in [0.25, 0.3) is 5.91 Å². The maximum absolute atomic E-state index is 13.6. The molecule has 0 saturated carbocycles. The number of ether oxygens (including phenoxy) is 5. The summed E-state index contributed by atoms with van der Waals surface area (Å²) in [6.07, 6.45) is -5.09. The van der Waals surface area contributed by atoms with Crippen molar-refractivity contribution < 1.29 is 52.5 Å². The second kappa shape index (κ2) is 14.8. The van der Waals surface area contributed by atoms with Crippen LogP contribution in [-0.4, -0.2) is 79.2 Å². The highest BCUT2D eigenvalue weighted by atomic mass is 16.7. The number of hydrogen-bond acceptors (Lipinski definition) is 11. The van der Waals surface area contributed by atoms with Crippen LogP contribution in [0.4, 0.5) is 5.69 Å². The highest BCUT2D eigenvalue weighted by molar-refractivity contribution is 6.35. The smallest absolute Gasteiger partial charge is 0.303 e. The number of carbonyl (C=O) groups excluding carboxylic acids is 6. The molecule has 2 aliphatic heterocycles. The Morgan fingerprint density at radius 1 is 0.756 bits per heavy atom. The Morgan fingerprint density at radius 2 is 1.33 bits per heavy atom. The number of ketones is 1. The van der Waals surface area contributed by atoms with E-state index >= 15 is 0 Å². The maximum atomic E-state index is 13.6. The van der Waals surface area contributed by atoms with Gasteiger partial charge in [-0.25, -0.2) is 0 Å². The summed E-state index contributed by atoms with van der Waals surface area (Å²) in [4.78, 5) is 76.5. The van der Waals surface area contributed by atoms with Crippen LogP contribution in [0.3, 0.4) is 0 Å². The first-order valence-electron chi connectivity index (χ1n) is 14.4. The van der Waals surface area contributed by atoms with E-state index in [1.165, 1.54) is 13.0 Å². The Bertz CT molecular complexity index is 1480. The lowest BCUT2D eigenvalue weighted by Crippen LogP contribution is -2.62. The molecule has 0 bridgehead atoms. The molecule has 0 unspecified atom stereocenters. The van der Waals surface area contributed by atoms with Gasteiger partial charge in [0.2, 0.25) is 0 Å². The van der Waals surface area contributed by atoms with E-state index in [0.29, 0.717) is 24.2 Å². The standard InChI is InChI=1S/C33H35NO11/c1-19(35)41-18-29-31(43-21(3)37)32(44-22(4)38)30(42-20(2)36)28(45-29)17-24(39)16-26-25-12-8-9-13-27(25)34(33(26)40)15-14-23-10-6-5-7-11-23/h5-13,16,28-32H,14-15,17-18H2,1-4H3/b26-16-/t28-,29+,30-,31+,32+/m0/s1. The second-order valence-corrected chi connectivity index (χ2v) is 10.7. The number of benzene rings is 2. The van der Waals surface area contributed by atoms with Crippen LogP contribution in [0, 0.1) is 0 Å². The van der Waals surface area contributed by atoms with E-state index in [2.05, 4.69) is 0 Å². The summed E-state index contributed by atoms with van der Waals surface area (Å²) in [5.74, 6) is -3.85. The first kappa shape index (κ1) is 33.1. The van der Waals surface area contributed by atoms with E-state index in [9.17, 15) is 28.8 Å². The summed E-state index contributed by atoms with van der Waals surface area (Å²) in [5, 5.41) is 0. The van der Waals surface area contributed by atoms with Crippen LogP contribution in [0.25, 0.3) is 5.57 Å². The van der Waals surface area contributed by atoms with Gasteiger partial charge in [-0.1, -0.05) is 48.5 Å². The van der Waals surface area contributed by atoms with Crippen molar-refractivity contribution in [2.75, 3.05) is 18.1 Å². The molecule has 2 aromatic rings. The van der Waals surface area contributed by atoms with Gasteiger partial charge in [-0.3, -0.25) is 28.8 Å². The highest BCUT2D eigenvalue weighted by Crippen LogP contribution is 2.37. The summed E-state index contributed by atoms with van der Waals surface area (Å²) in [7, 11) is 0. The zero-order chi connectivity index (χ0) is 32.7. The van der Waals surface area contributed by atoms with Gasteiger partial charge in [0.15, 0.2) is 24.1 Å². The quantitative estimate of drug-likeness (QED) is 0.207. The molecule has 0 aromatic heterocycles. The Labute approximate surface area is 260 Å². The van der Waals surface area contributed by atoms with Gasteiger partial charge in [-0.05, 0) is 24.1 Å². The highest BCUT2D eigenvalue weighted by Gasteiger charge is 2.52. The van der Waals surface area contributed by atoms with Crippen molar-refractivity contribution in [3.8, 4) is 0 Å². The fourth-order valence-corrected chi connectivity index (χ4v) is 5.45. The topological polar surface area (TPSA) is 152 Å². The van der Waals surface area contributed by atoms with Crippen LogP contribution >= 0.6 is 0 Å². The Kier molecular flexibility index (Phi) is 10.8. The molecular weight excluding hydrogens is 586 g/mol. The van der Waals surface area contributed by atoms with E-state index in [4.69, 9.17) is 23.7 Å². The van der Waals surface area contributed by atoms with Crippen LogP contribution in [0.15, 0.2) is 60.7 Å². The van der Waals surface area contributed by atoms with Crippen LogP contribution < -0.4 is 4.90 Å². The minimum absolute atomic E-state index is 0.189. The molecule has 1 saturated heterocycles. The monoisotopic (exact) mass is 621 g/mol. The van der Waals surface area contributed by atoms with E-state index in [1.54, 1.807) is 17.0 Å². The lowest BCUT2D eigenvalue weighted by molar-refractivity contribution is -0.252. The molecule has 1 fully saturated rings. The molecule has 0 radical (unpaired) electrons. The summed E-state index contributed by atoms with van der Waals surface area (Å²) in [5.41, 5.74) is 2.50. The largest absolute Gasteiger partial charge is 0.463 e. The summed E-state index contributed by atoms with van der Waals surface area (Å²) < 4.78 is 27.4. The van der Waals surface area contributed by atoms with Crippen molar-refractivity contribution >= 4 is 46.8 Å².